The van der Waals surface area contributed by atoms with Crippen molar-refractivity contribution in [2.75, 3.05) is 6.61 Å². The number of aliphatic carboxylic acids is 1. The summed E-state index contributed by atoms with van der Waals surface area (Å²) < 4.78 is 177. The molecule has 0 spiro atoms. The summed E-state index contributed by atoms with van der Waals surface area (Å²) in [7, 11) is 0. The topological polar surface area (TPSA) is 119 Å². The molecule has 1 aliphatic rings. The molecule has 2 atom stereocenters. The van der Waals surface area contributed by atoms with Crippen LogP contribution in [-0.2, 0) is 14.3 Å². The first kappa shape index (κ1) is 36.3. The number of halogens is 13. The first-order valence-corrected chi connectivity index (χ1v) is 11.5. The normalized spacial score (nSPS) is 19.0. The molecule has 1 aromatic rings. The molecule has 0 aromatic heterocycles. The van der Waals surface area contributed by atoms with Gasteiger partial charge in [0.2, 0.25) is 0 Å². The molecule has 1 N–H and O–H groups in total. The van der Waals surface area contributed by atoms with Crippen molar-refractivity contribution in [3.8, 4) is 0 Å². The summed E-state index contributed by atoms with van der Waals surface area (Å²) in [4.78, 5) is 38.8. The summed E-state index contributed by atoms with van der Waals surface area (Å²) in [6.07, 6.45) is -10.4. The van der Waals surface area contributed by atoms with Crippen molar-refractivity contribution in [2.45, 2.75) is 62.0 Å². The van der Waals surface area contributed by atoms with Crippen LogP contribution in [0.5, 0.6) is 0 Å². The molecule has 21 heteroatoms. The average molecular weight is 664 g/mol. The van der Waals surface area contributed by atoms with Gasteiger partial charge in [0.05, 0.1) is 23.5 Å². The molecule has 1 heterocycles. The van der Waals surface area contributed by atoms with Gasteiger partial charge in [0.15, 0.2) is 0 Å². The van der Waals surface area contributed by atoms with E-state index in [2.05, 4.69) is 9.73 Å². The lowest BCUT2D eigenvalue weighted by molar-refractivity contribution is -0.440. The fourth-order valence-electron chi connectivity index (χ4n) is 4.12. The van der Waals surface area contributed by atoms with E-state index in [9.17, 15) is 81.9 Å². The molecule has 8 nitrogen and oxygen atoms in total. The van der Waals surface area contributed by atoms with Gasteiger partial charge >= 0.3 is 47.7 Å². The number of nitrogens with zero attached hydrogens (tertiary/aromatic N) is 2. The zero-order valence-corrected chi connectivity index (χ0v) is 21.7. The number of ether oxygens (including phenoxy) is 1. The number of esters is 1. The Balaban J connectivity index is 2.42. The van der Waals surface area contributed by atoms with Crippen LogP contribution in [0, 0.1) is 16.0 Å². The molecule has 0 saturated heterocycles. The molecule has 0 aliphatic carbocycles. The summed E-state index contributed by atoms with van der Waals surface area (Å²) in [5.74, 6) is -45.1. The Labute approximate surface area is 236 Å². The minimum Gasteiger partial charge on any atom is -0.481 e. The molecule has 1 aromatic carbocycles. The van der Waals surface area contributed by atoms with E-state index in [1.165, 1.54) is 0 Å². The second-order valence-corrected chi connectivity index (χ2v) is 9.28. The Hall–Kier alpha value is -3.94. The molecule has 1 aliphatic heterocycles. The van der Waals surface area contributed by atoms with E-state index in [-0.39, 0.29) is 17.0 Å². The minimum atomic E-state index is -8.10. The van der Waals surface area contributed by atoms with Crippen molar-refractivity contribution in [1.29, 1.82) is 0 Å². The van der Waals surface area contributed by atoms with Crippen LogP contribution in [0.1, 0.15) is 31.7 Å². The van der Waals surface area contributed by atoms with E-state index in [0.29, 0.717) is 0 Å². The van der Waals surface area contributed by atoms with Crippen molar-refractivity contribution >= 4 is 23.3 Å². The number of hydrogen-bond donors (Lipinski definition) is 1. The number of carbonyl (C=O) groups excluding carboxylic acids is 1. The van der Waals surface area contributed by atoms with Gasteiger partial charge in [-0.15, -0.1) is 0 Å². The fraction of sp³-hybridized carbons (Fsp3) is 0.522. The van der Waals surface area contributed by atoms with Gasteiger partial charge in [0.25, 0.3) is 5.69 Å². The first-order valence-electron chi connectivity index (χ1n) is 11.5. The van der Waals surface area contributed by atoms with Crippen LogP contribution in [0.3, 0.4) is 0 Å². The van der Waals surface area contributed by atoms with Crippen molar-refractivity contribution in [3.63, 3.8) is 0 Å². The van der Waals surface area contributed by atoms with Gasteiger partial charge in [-0.2, -0.15) is 57.1 Å². The average Bonchev–Trinajstić information content (AvgIpc) is 2.86. The maximum absolute atomic E-state index is 14.1. The van der Waals surface area contributed by atoms with Crippen LogP contribution in [0.4, 0.5) is 62.8 Å². The Morgan fingerprint density at radius 1 is 0.909 bits per heavy atom. The van der Waals surface area contributed by atoms with Crippen LogP contribution in [0.15, 0.2) is 40.5 Å². The zero-order chi connectivity index (χ0) is 34.4. The summed E-state index contributed by atoms with van der Waals surface area (Å²) in [6, 6.07) is 3.93. The molecular formula is C23H17F13N2O6. The lowest BCUT2D eigenvalue weighted by Gasteiger charge is -2.39. The van der Waals surface area contributed by atoms with Crippen LogP contribution < -0.4 is 0 Å². The third-order valence-electron chi connectivity index (χ3n) is 6.40. The number of hydrogen-bond acceptors (Lipinski definition) is 6. The van der Waals surface area contributed by atoms with E-state index in [1.807, 2.05) is 0 Å². The van der Waals surface area contributed by atoms with Crippen molar-refractivity contribution < 1.29 is 81.4 Å². The summed E-state index contributed by atoms with van der Waals surface area (Å²) in [5.41, 5.74) is -2.25. The van der Waals surface area contributed by atoms with Crippen molar-refractivity contribution in [3.05, 3.63) is 51.2 Å². The molecule has 0 amide bonds. The molecule has 44 heavy (non-hydrogen) atoms. The number of carboxylic acids is 1. The number of rotatable bonds is 11. The second kappa shape index (κ2) is 11.5. The summed E-state index contributed by atoms with van der Waals surface area (Å²) in [6.45, 7) is 0.113. The SMILES string of the molecule is CC1=NC(C)=C(C(=O)OCCC(F)(F)C(F)(F)C(F)(F)C(F)(F)C(F)(F)C(F)(F)F)C(c2cccc([N+](=O)[O-])c2)C1C(=O)O. The molecular weight excluding hydrogens is 647 g/mol. The number of carbonyl (C=O) groups is 2. The van der Waals surface area contributed by atoms with E-state index in [4.69, 9.17) is 0 Å². The van der Waals surface area contributed by atoms with E-state index < -0.39 is 88.8 Å². The van der Waals surface area contributed by atoms with Gasteiger partial charge in [-0.25, -0.2) is 4.79 Å². The summed E-state index contributed by atoms with van der Waals surface area (Å²) in [5, 5.41) is 20.9. The highest BCUT2D eigenvalue weighted by Gasteiger charge is 2.90. The molecule has 0 saturated carbocycles. The van der Waals surface area contributed by atoms with Crippen molar-refractivity contribution in [1.82, 2.24) is 0 Å². The second-order valence-electron chi connectivity index (χ2n) is 9.28. The third-order valence-corrected chi connectivity index (χ3v) is 6.40. The number of aliphatic imine (C=N–C) groups is 1. The van der Waals surface area contributed by atoms with E-state index in [1.54, 1.807) is 0 Å². The Morgan fingerprint density at radius 2 is 1.43 bits per heavy atom. The standard InChI is InChI=1S/C23H17F13N2O6/c1-9-13(16(39)40)15(11-4-3-5-12(8-11)38(42)43)14(10(2)37-9)17(41)44-7-6-18(24,25)19(26,27)20(28,29)21(30,31)22(32,33)23(34,35)36/h3-5,8,13,15H,6-7H2,1-2H3,(H,39,40). The van der Waals surface area contributed by atoms with Gasteiger partial charge in [0.1, 0.15) is 5.92 Å². The monoisotopic (exact) mass is 664 g/mol. The van der Waals surface area contributed by atoms with Crippen LogP contribution in [0.25, 0.3) is 0 Å². The molecule has 0 bridgehead atoms. The number of alkyl halides is 13. The quantitative estimate of drug-likeness (QED) is 0.120. The highest BCUT2D eigenvalue weighted by Crippen LogP contribution is 2.60. The first-order chi connectivity index (χ1) is 19.7. The predicted molar refractivity (Wildman–Crippen MR) is 119 cm³/mol. The Morgan fingerprint density at radius 3 is 1.91 bits per heavy atom. The summed E-state index contributed by atoms with van der Waals surface area (Å²) >= 11 is 0. The van der Waals surface area contributed by atoms with E-state index in [0.717, 1.165) is 38.1 Å². The lowest BCUT2D eigenvalue weighted by Crippen LogP contribution is -2.70. The van der Waals surface area contributed by atoms with Crippen LogP contribution in [0.2, 0.25) is 0 Å². The molecule has 2 unspecified atom stereocenters. The number of nitro benzene ring substituents is 1. The molecule has 0 fully saturated rings. The maximum atomic E-state index is 14.1. The Kier molecular flexibility index (Phi) is 9.50. The maximum Gasteiger partial charge on any atom is 0.460 e. The Bertz CT molecular complexity index is 1390. The highest BCUT2D eigenvalue weighted by molar-refractivity contribution is 6.06. The van der Waals surface area contributed by atoms with Gasteiger partial charge in [-0.3, -0.25) is 19.9 Å². The van der Waals surface area contributed by atoms with Crippen molar-refractivity contribution in [2.24, 2.45) is 10.9 Å². The van der Waals surface area contributed by atoms with E-state index >= 15 is 0 Å². The number of nitro groups is 1. The molecule has 0 radical (unpaired) electrons. The highest BCUT2D eigenvalue weighted by atomic mass is 19.4. The predicted octanol–water partition coefficient (Wildman–Crippen LogP) is 6.80. The smallest absolute Gasteiger partial charge is 0.460 e. The largest absolute Gasteiger partial charge is 0.481 e. The number of benzene rings is 1. The third kappa shape index (κ3) is 5.91. The van der Waals surface area contributed by atoms with Gasteiger partial charge < -0.3 is 9.84 Å². The van der Waals surface area contributed by atoms with Gasteiger partial charge in [0, 0.05) is 29.5 Å². The fourth-order valence-corrected chi connectivity index (χ4v) is 4.12. The van der Waals surface area contributed by atoms with Crippen LogP contribution in [-0.4, -0.2) is 70.1 Å². The number of carboxylic acid groups (broad SMARTS) is 1. The lowest BCUT2D eigenvalue weighted by atomic mass is 9.75. The molecule has 246 valence electrons. The van der Waals surface area contributed by atoms with Gasteiger partial charge in [-0.1, -0.05) is 12.1 Å². The number of non-ortho nitro benzene ring substituents is 1. The zero-order valence-electron chi connectivity index (χ0n) is 21.7. The van der Waals surface area contributed by atoms with Gasteiger partial charge in [-0.05, 0) is 19.4 Å². The molecule has 2 rings (SSSR count). The minimum absolute atomic E-state index is 0.187. The number of allylic oxidation sites excluding steroid dienone is 1. The van der Waals surface area contributed by atoms with Crippen LogP contribution >= 0.6 is 0 Å².